The molecule has 0 aliphatic carbocycles. The molecule has 0 unspecified atom stereocenters. The van der Waals surface area contributed by atoms with Gasteiger partial charge in [0.15, 0.2) is 5.65 Å². The fourth-order valence-electron chi connectivity index (χ4n) is 3.81. The molecule has 32 heavy (non-hydrogen) atoms. The van der Waals surface area contributed by atoms with Crippen LogP contribution in [-0.4, -0.2) is 50.5 Å². The van der Waals surface area contributed by atoms with E-state index in [0.717, 1.165) is 18.4 Å². The summed E-state index contributed by atoms with van der Waals surface area (Å²) in [5, 5.41) is 23.0. The van der Waals surface area contributed by atoms with E-state index in [1.807, 2.05) is 17.0 Å². The van der Waals surface area contributed by atoms with Crippen molar-refractivity contribution in [3.05, 3.63) is 47.8 Å². The fourth-order valence-corrected chi connectivity index (χ4v) is 3.81. The summed E-state index contributed by atoms with van der Waals surface area (Å²) < 4.78 is 39.9. The van der Waals surface area contributed by atoms with Gasteiger partial charge >= 0.3 is 6.18 Å². The topological polar surface area (TPSA) is 95.7 Å². The number of phenolic OH excluding ortho intramolecular Hbond substituents is 1. The van der Waals surface area contributed by atoms with Crippen molar-refractivity contribution in [2.45, 2.75) is 31.9 Å². The zero-order chi connectivity index (χ0) is 22.7. The number of hydrogen-bond acceptors (Lipinski definition) is 6. The summed E-state index contributed by atoms with van der Waals surface area (Å²) >= 11 is 0. The number of aryl methyl sites for hydroxylation is 1. The molecule has 1 aromatic carbocycles. The number of hydrogen-bond donors (Lipinski definition) is 2. The first-order chi connectivity index (χ1) is 15.3. The van der Waals surface area contributed by atoms with E-state index >= 15 is 0 Å². The molecule has 1 aliphatic rings. The first kappa shape index (κ1) is 21.8. The van der Waals surface area contributed by atoms with E-state index in [9.17, 15) is 23.1 Å². The minimum atomic E-state index is -4.64. The molecule has 0 saturated carbocycles. The van der Waals surface area contributed by atoms with Gasteiger partial charge in [-0.05, 0) is 55.5 Å². The molecule has 0 spiro atoms. The maximum atomic E-state index is 13.1. The molecule has 2 N–H and O–H groups in total. The highest BCUT2D eigenvalue weighted by molar-refractivity contribution is 5.78. The number of amides is 1. The van der Waals surface area contributed by atoms with Gasteiger partial charge in [-0.1, -0.05) is 12.1 Å². The maximum Gasteiger partial charge on any atom is 0.453 e. The van der Waals surface area contributed by atoms with Crippen LogP contribution in [0.5, 0.6) is 5.75 Å². The van der Waals surface area contributed by atoms with E-state index in [1.54, 1.807) is 18.2 Å². The second-order valence-corrected chi connectivity index (χ2v) is 7.81. The molecule has 0 radical (unpaired) electrons. The van der Waals surface area contributed by atoms with E-state index < -0.39 is 12.0 Å². The maximum absolute atomic E-state index is 13.1. The largest absolute Gasteiger partial charge is 0.508 e. The molecule has 3 heterocycles. The smallest absolute Gasteiger partial charge is 0.453 e. The van der Waals surface area contributed by atoms with Crippen molar-refractivity contribution in [2.24, 2.45) is 5.92 Å². The van der Waals surface area contributed by atoms with Gasteiger partial charge in [0.25, 0.3) is 5.82 Å². The second-order valence-electron chi connectivity index (χ2n) is 7.81. The molecule has 1 fully saturated rings. The number of phenols is 1. The summed E-state index contributed by atoms with van der Waals surface area (Å²) in [6, 6.07) is 10.1. The Labute approximate surface area is 182 Å². The Morgan fingerprint density at radius 2 is 1.81 bits per heavy atom. The molecule has 0 bridgehead atoms. The number of nitrogens with one attached hydrogen (secondary N) is 1. The quantitative estimate of drug-likeness (QED) is 0.563. The van der Waals surface area contributed by atoms with Gasteiger partial charge in [0.05, 0.1) is 0 Å². The van der Waals surface area contributed by atoms with Gasteiger partial charge in [-0.2, -0.15) is 17.7 Å². The van der Waals surface area contributed by atoms with Crippen molar-refractivity contribution >= 4 is 17.4 Å². The van der Waals surface area contributed by atoms with Crippen LogP contribution in [0.3, 0.4) is 0 Å². The van der Waals surface area contributed by atoms with Crippen molar-refractivity contribution in [1.29, 1.82) is 0 Å². The number of fused-ring (bicyclic) bond motifs is 1. The monoisotopic (exact) mass is 448 g/mol. The minimum absolute atomic E-state index is 0.00284. The van der Waals surface area contributed by atoms with E-state index in [-0.39, 0.29) is 23.2 Å². The summed E-state index contributed by atoms with van der Waals surface area (Å²) in [4.78, 5) is 14.3. The highest BCUT2D eigenvalue weighted by Crippen LogP contribution is 2.28. The van der Waals surface area contributed by atoms with Crippen molar-refractivity contribution in [1.82, 2.24) is 25.1 Å². The minimum Gasteiger partial charge on any atom is -0.508 e. The number of carbonyl (C=O) groups is 1. The van der Waals surface area contributed by atoms with E-state index in [4.69, 9.17) is 0 Å². The Kier molecular flexibility index (Phi) is 6.15. The third-order valence-electron chi connectivity index (χ3n) is 5.57. The van der Waals surface area contributed by atoms with Crippen LogP contribution in [0, 0.1) is 5.92 Å². The predicted octanol–water partition coefficient (Wildman–Crippen LogP) is 2.81. The zero-order valence-corrected chi connectivity index (χ0v) is 17.2. The molecular formula is C21H23F3N6O2. The van der Waals surface area contributed by atoms with Crippen LogP contribution < -0.4 is 10.2 Å². The molecule has 2 aromatic heterocycles. The van der Waals surface area contributed by atoms with Crippen LogP contribution in [0.15, 0.2) is 36.4 Å². The van der Waals surface area contributed by atoms with Crippen molar-refractivity contribution in [2.75, 3.05) is 24.5 Å². The van der Waals surface area contributed by atoms with Gasteiger partial charge < -0.3 is 15.3 Å². The summed E-state index contributed by atoms with van der Waals surface area (Å²) in [7, 11) is 0. The van der Waals surface area contributed by atoms with E-state index in [2.05, 4.69) is 20.6 Å². The van der Waals surface area contributed by atoms with Crippen LogP contribution >= 0.6 is 0 Å². The summed E-state index contributed by atoms with van der Waals surface area (Å²) in [5.41, 5.74) is 1.12. The number of piperidine rings is 1. The van der Waals surface area contributed by atoms with Gasteiger partial charge in [0.2, 0.25) is 5.91 Å². The molecule has 3 aromatic rings. The number of halogens is 3. The van der Waals surface area contributed by atoms with Gasteiger partial charge in [0, 0.05) is 25.6 Å². The lowest BCUT2D eigenvalue weighted by atomic mass is 9.96. The Morgan fingerprint density at radius 1 is 1.09 bits per heavy atom. The summed E-state index contributed by atoms with van der Waals surface area (Å²) in [5.74, 6) is -0.668. The number of nitrogens with zero attached hydrogens (tertiary/aromatic N) is 5. The number of anilines is 1. The Hall–Kier alpha value is -3.37. The zero-order valence-electron chi connectivity index (χ0n) is 17.2. The molecule has 1 aliphatic heterocycles. The van der Waals surface area contributed by atoms with Gasteiger partial charge in [-0.3, -0.25) is 4.79 Å². The van der Waals surface area contributed by atoms with E-state index in [1.165, 1.54) is 6.07 Å². The Balaban J connectivity index is 1.27. The van der Waals surface area contributed by atoms with Crippen molar-refractivity contribution in [3.8, 4) is 5.75 Å². The van der Waals surface area contributed by atoms with Crippen LogP contribution in [-0.2, 0) is 17.4 Å². The van der Waals surface area contributed by atoms with E-state index in [0.29, 0.717) is 42.8 Å². The standard InChI is InChI=1S/C21H23F3N6O2/c22-21(23,24)20-27-26-17-7-8-18(28-30(17)20)29-12-9-15(10-13-29)19(32)25-11-1-2-14-3-5-16(31)6-4-14/h3-8,15,31H,1-2,9-13H2,(H,25,32). The molecular weight excluding hydrogens is 425 g/mol. The fraction of sp³-hybridized carbons (Fsp3) is 0.429. The molecule has 170 valence electrons. The normalized spacial score (nSPS) is 15.3. The number of rotatable bonds is 6. The number of benzene rings is 1. The predicted molar refractivity (Wildman–Crippen MR) is 110 cm³/mol. The third-order valence-corrected chi connectivity index (χ3v) is 5.57. The van der Waals surface area contributed by atoms with Crippen LogP contribution in [0.1, 0.15) is 30.7 Å². The van der Waals surface area contributed by atoms with Crippen LogP contribution in [0.4, 0.5) is 19.0 Å². The highest BCUT2D eigenvalue weighted by Gasteiger charge is 2.38. The third kappa shape index (κ3) is 4.92. The van der Waals surface area contributed by atoms with Crippen molar-refractivity contribution in [3.63, 3.8) is 0 Å². The average molecular weight is 448 g/mol. The number of carbonyl (C=O) groups excluding carboxylic acids is 1. The molecule has 1 amide bonds. The first-order valence-electron chi connectivity index (χ1n) is 10.4. The number of alkyl halides is 3. The van der Waals surface area contributed by atoms with Gasteiger partial charge in [-0.25, -0.2) is 0 Å². The van der Waals surface area contributed by atoms with Crippen molar-refractivity contribution < 1.29 is 23.1 Å². The van der Waals surface area contributed by atoms with Gasteiger partial charge in [-0.15, -0.1) is 15.3 Å². The first-order valence-corrected chi connectivity index (χ1v) is 10.4. The second kappa shape index (κ2) is 9.01. The van der Waals surface area contributed by atoms with Crippen LogP contribution in [0.25, 0.3) is 5.65 Å². The molecule has 11 heteroatoms. The number of aromatic nitrogens is 4. The number of aromatic hydroxyl groups is 1. The lowest BCUT2D eigenvalue weighted by molar-refractivity contribution is -0.146. The Bertz CT molecular complexity index is 1080. The summed E-state index contributed by atoms with van der Waals surface area (Å²) in [6.07, 6.45) is -1.86. The molecule has 8 nitrogen and oxygen atoms in total. The molecule has 4 rings (SSSR count). The molecule has 1 saturated heterocycles. The van der Waals surface area contributed by atoms with Crippen LogP contribution in [0.2, 0.25) is 0 Å². The molecule has 0 atom stereocenters. The SMILES string of the molecule is O=C(NCCCc1ccc(O)cc1)C1CCN(c2ccc3nnc(C(F)(F)F)n3n2)CC1. The van der Waals surface area contributed by atoms with Gasteiger partial charge in [0.1, 0.15) is 11.6 Å². The lowest BCUT2D eigenvalue weighted by Crippen LogP contribution is -2.41. The highest BCUT2D eigenvalue weighted by atomic mass is 19.4. The Morgan fingerprint density at radius 3 is 2.50 bits per heavy atom. The average Bonchev–Trinajstić information content (AvgIpc) is 3.22. The lowest BCUT2D eigenvalue weighted by Gasteiger charge is -2.32. The summed E-state index contributed by atoms with van der Waals surface area (Å²) in [6.45, 7) is 1.60.